The second-order valence-electron chi connectivity index (χ2n) is 5.86. The first-order valence-corrected chi connectivity index (χ1v) is 8.30. The molecule has 2 N–H and O–H groups in total. The number of aryl methyl sites for hydroxylation is 1. The Morgan fingerprint density at radius 1 is 1.08 bits per heavy atom. The summed E-state index contributed by atoms with van der Waals surface area (Å²) in [5.74, 6) is 1.76. The average Bonchev–Trinajstić information content (AvgIpc) is 2.59. The van der Waals surface area contributed by atoms with Gasteiger partial charge >= 0.3 is 0 Å². The standard InChI is InChI=1S/C19H27N5/c1-5-20-19(21-13-16-10-7-6-9-15(16)2)22-14-17-11-8-12-18(23-17)24(3)4/h6-12H,5,13-14H2,1-4H3,(H2,20,21,22). The second kappa shape index (κ2) is 8.91. The van der Waals surface area contributed by atoms with Gasteiger partial charge in [-0.3, -0.25) is 0 Å². The van der Waals surface area contributed by atoms with Crippen molar-refractivity contribution < 1.29 is 0 Å². The van der Waals surface area contributed by atoms with Crippen LogP contribution in [0.15, 0.2) is 47.5 Å². The van der Waals surface area contributed by atoms with Gasteiger partial charge < -0.3 is 15.5 Å². The molecule has 0 bridgehead atoms. The molecule has 128 valence electrons. The SMILES string of the molecule is CCNC(=NCc1ccccc1C)NCc1cccc(N(C)C)n1. The molecule has 0 radical (unpaired) electrons. The summed E-state index contributed by atoms with van der Waals surface area (Å²) in [5.41, 5.74) is 3.49. The maximum atomic E-state index is 4.67. The maximum absolute atomic E-state index is 4.67. The highest BCUT2D eigenvalue weighted by Crippen LogP contribution is 2.09. The van der Waals surface area contributed by atoms with Crippen molar-refractivity contribution in [2.45, 2.75) is 26.9 Å². The molecule has 0 amide bonds. The second-order valence-corrected chi connectivity index (χ2v) is 5.86. The molecule has 1 aromatic heterocycles. The van der Waals surface area contributed by atoms with Crippen molar-refractivity contribution in [2.75, 3.05) is 25.5 Å². The van der Waals surface area contributed by atoms with Crippen LogP contribution < -0.4 is 15.5 Å². The Bertz CT molecular complexity index is 679. The van der Waals surface area contributed by atoms with Crippen molar-refractivity contribution in [3.05, 3.63) is 59.3 Å². The third-order valence-corrected chi connectivity index (χ3v) is 3.70. The molecule has 2 aromatic rings. The van der Waals surface area contributed by atoms with E-state index in [0.717, 1.165) is 24.0 Å². The van der Waals surface area contributed by atoms with Gasteiger partial charge in [-0.2, -0.15) is 0 Å². The van der Waals surface area contributed by atoms with Crippen LogP contribution in [0.3, 0.4) is 0 Å². The number of anilines is 1. The quantitative estimate of drug-likeness (QED) is 0.633. The number of rotatable bonds is 6. The van der Waals surface area contributed by atoms with Gasteiger partial charge in [-0.15, -0.1) is 0 Å². The summed E-state index contributed by atoms with van der Waals surface area (Å²) < 4.78 is 0. The lowest BCUT2D eigenvalue weighted by Crippen LogP contribution is -2.37. The lowest BCUT2D eigenvalue weighted by Gasteiger charge is -2.14. The first kappa shape index (κ1) is 17.8. The number of hydrogen-bond acceptors (Lipinski definition) is 3. The van der Waals surface area contributed by atoms with Gasteiger partial charge in [0.2, 0.25) is 0 Å². The van der Waals surface area contributed by atoms with Gasteiger partial charge in [0.05, 0.1) is 18.8 Å². The van der Waals surface area contributed by atoms with Crippen molar-refractivity contribution in [3.63, 3.8) is 0 Å². The average molecular weight is 325 g/mol. The van der Waals surface area contributed by atoms with Gasteiger partial charge in [0, 0.05) is 20.6 Å². The van der Waals surface area contributed by atoms with Gasteiger partial charge in [0.15, 0.2) is 5.96 Å². The summed E-state index contributed by atoms with van der Waals surface area (Å²) in [5, 5.41) is 6.63. The zero-order valence-corrected chi connectivity index (χ0v) is 15.0. The van der Waals surface area contributed by atoms with Crippen molar-refractivity contribution in [2.24, 2.45) is 4.99 Å². The Morgan fingerprint density at radius 3 is 2.58 bits per heavy atom. The molecule has 0 saturated heterocycles. The van der Waals surface area contributed by atoms with Gasteiger partial charge in [-0.05, 0) is 37.1 Å². The number of benzene rings is 1. The Balaban J connectivity index is 2.02. The number of aromatic nitrogens is 1. The Morgan fingerprint density at radius 2 is 1.88 bits per heavy atom. The van der Waals surface area contributed by atoms with E-state index in [1.54, 1.807) is 0 Å². The highest BCUT2D eigenvalue weighted by molar-refractivity contribution is 5.79. The number of aliphatic imine (C=N–C) groups is 1. The molecular weight excluding hydrogens is 298 g/mol. The summed E-state index contributed by atoms with van der Waals surface area (Å²) in [6.07, 6.45) is 0. The van der Waals surface area contributed by atoms with Crippen molar-refractivity contribution in [1.29, 1.82) is 0 Å². The fraction of sp³-hybridized carbons (Fsp3) is 0.368. The predicted molar refractivity (Wildman–Crippen MR) is 101 cm³/mol. The summed E-state index contributed by atoms with van der Waals surface area (Å²) in [7, 11) is 3.99. The molecule has 0 spiro atoms. The molecule has 0 saturated carbocycles. The normalized spacial score (nSPS) is 11.2. The summed E-state index contributed by atoms with van der Waals surface area (Å²) >= 11 is 0. The van der Waals surface area contributed by atoms with E-state index in [9.17, 15) is 0 Å². The van der Waals surface area contributed by atoms with Crippen LogP contribution in [-0.4, -0.2) is 31.6 Å². The van der Waals surface area contributed by atoms with Crippen LogP contribution in [0.25, 0.3) is 0 Å². The molecule has 0 atom stereocenters. The fourth-order valence-corrected chi connectivity index (χ4v) is 2.28. The van der Waals surface area contributed by atoms with Crippen molar-refractivity contribution in [3.8, 4) is 0 Å². The van der Waals surface area contributed by atoms with Crippen LogP contribution in [0, 0.1) is 6.92 Å². The molecule has 0 aliphatic heterocycles. The monoisotopic (exact) mass is 325 g/mol. The third kappa shape index (κ3) is 5.26. The van der Waals surface area contributed by atoms with Crippen LogP contribution in [-0.2, 0) is 13.1 Å². The van der Waals surface area contributed by atoms with Gasteiger partial charge in [-0.25, -0.2) is 9.98 Å². The first-order valence-electron chi connectivity index (χ1n) is 8.30. The zero-order chi connectivity index (χ0) is 17.4. The summed E-state index contributed by atoms with van der Waals surface area (Å²) in [4.78, 5) is 11.3. The highest BCUT2D eigenvalue weighted by Gasteiger charge is 2.02. The van der Waals surface area contributed by atoms with Gasteiger partial charge in [0.25, 0.3) is 0 Å². The van der Waals surface area contributed by atoms with Crippen LogP contribution in [0.4, 0.5) is 5.82 Å². The van der Waals surface area contributed by atoms with Gasteiger partial charge in [-0.1, -0.05) is 30.3 Å². The molecule has 5 heteroatoms. The molecule has 24 heavy (non-hydrogen) atoms. The minimum atomic E-state index is 0.640. The van der Waals surface area contributed by atoms with E-state index in [1.807, 2.05) is 37.2 Å². The van der Waals surface area contributed by atoms with Crippen LogP contribution in [0.1, 0.15) is 23.7 Å². The molecule has 0 fully saturated rings. The van der Waals surface area contributed by atoms with Crippen molar-refractivity contribution in [1.82, 2.24) is 15.6 Å². The highest BCUT2D eigenvalue weighted by atomic mass is 15.2. The molecule has 0 aliphatic carbocycles. The summed E-state index contributed by atoms with van der Waals surface area (Å²) in [6, 6.07) is 14.4. The van der Waals surface area contributed by atoms with E-state index < -0.39 is 0 Å². The minimum absolute atomic E-state index is 0.640. The minimum Gasteiger partial charge on any atom is -0.363 e. The van der Waals surface area contributed by atoms with Gasteiger partial charge in [0.1, 0.15) is 5.82 Å². The number of nitrogens with zero attached hydrogens (tertiary/aromatic N) is 3. The number of pyridine rings is 1. The first-order chi connectivity index (χ1) is 11.6. The molecule has 1 aromatic carbocycles. The van der Waals surface area contributed by atoms with E-state index in [-0.39, 0.29) is 0 Å². The molecular formula is C19H27N5. The number of hydrogen-bond donors (Lipinski definition) is 2. The molecule has 1 heterocycles. The van der Waals surface area contributed by atoms with Crippen molar-refractivity contribution >= 4 is 11.8 Å². The van der Waals surface area contributed by atoms with E-state index in [0.29, 0.717) is 13.1 Å². The number of guanidine groups is 1. The van der Waals surface area contributed by atoms with E-state index >= 15 is 0 Å². The largest absolute Gasteiger partial charge is 0.363 e. The Labute approximate surface area is 144 Å². The molecule has 2 rings (SSSR count). The van der Waals surface area contributed by atoms with Crippen LogP contribution in [0.5, 0.6) is 0 Å². The molecule has 5 nitrogen and oxygen atoms in total. The van der Waals surface area contributed by atoms with E-state index in [1.165, 1.54) is 11.1 Å². The summed E-state index contributed by atoms with van der Waals surface area (Å²) in [6.45, 7) is 6.30. The maximum Gasteiger partial charge on any atom is 0.191 e. The Kier molecular flexibility index (Phi) is 6.61. The Hall–Kier alpha value is -2.56. The molecule has 0 aliphatic rings. The lowest BCUT2D eigenvalue weighted by atomic mass is 10.1. The fourth-order valence-electron chi connectivity index (χ4n) is 2.28. The molecule has 0 unspecified atom stereocenters. The van der Waals surface area contributed by atoms with E-state index in [4.69, 9.17) is 0 Å². The van der Waals surface area contributed by atoms with Crippen LogP contribution in [0.2, 0.25) is 0 Å². The number of nitrogens with one attached hydrogen (secondary N) is 2. The van der Waals surface area contributed by atoms with E-state index in [2.05, 4.69) is 58.7 Å². The third-order valence-electron chi connectivity index (χ3n) is 3.70. The predicted octanol–water partition coefficient (Wildman–Crippen LogP) is 2.71. The zero-order valence-electron chi connectivity index (χ0n) is 15.0. The lowest BCUT2D eigenvalue weighted by molar-refractivity contribution is 0.797. The topological polar surface area (TPSA) is 52.6 Å². The van der Waals surface area contributed by atoms with Crippen LogP contribution >= 0.6 is 0 Å². The smallest absolute Gasteiger partial charge is 0.191 e.